The molecule has 162 valence electrons. The number of anilines is 2. The van der Waals surface area contributed by atoms with E-state index in [4.69, 9.17) is 9.47 Å². The Balaban J connectivity index is 1.41. The molecule has 1 amide bonds. The Kier molecular flexibility index (Phi) is 8.35. The Morgan fingerprint density at radius 1 is 0.903 bits per heavy atom. The molecule has 3 aromatic carbocycles. The van der Waals surface area contributed by atoms with Gasteiger partial charge in [-0.2, -0.15) is 0 Å². The second-order valence-corrected chi connectivity index (χ2v) is 7.53. The summed E-state index contributed by atoms with van der Waals surface area (Å²) in [6.07, 6.45) is 2.01. The third-order valence-corrected chi connectivity index (χ3v) is 4.55. The molecule has 0 aliphatic heterocycles. The number of para-hydroxylation sites is 2. The average Bonchev–Trinajstić information content (AvgIpc) is 2.77. The average molecular weight is 419 g/mol. The molecule has 0 aromatic heterocycles. The van der Waals surface area contributed by atoms with Crippen molar-refractivity contribution in [3.05, 3.63) is 84.4 Å². The van der Waals surface area contributed by atoms with Crippen LogP contribution in [0.15, 0.2) is 78.9 Å². The smallest absolute Gasteiger partial charge is 0.243 e. The normalized spacial score (nSPS) is 10.5. The summed E-state index contributed by atoms with van der Waals surface area (Å²) in [5, 5.41) is 6.03. The summed E-state index contributed by atoms with van der Waals surface area (Å²) in [5.41, 5.74) is 2.84. The van der Waals surface area contributed by atoms with Crippen molar-refractivity contribution in [3.63, 3.8) is 0 Å². The van der Waals surface area contributed by atoms with Crippen molar-refractivity contribution < 1.29 is 14.3 Å². The van der Waals surface area contributed by atoms with Crippen molar-refractivity contribution in [1.82, 2.24) is 0 Å². The zero-order chi connectivity index (χ0) is 21.9. The van der Waals surface area contributed by atoms with E-state index in [1.807, 2.05) is 68.4 Å². The second kappa shape index (κ2) is 11.6. The molecule has 5 nitrogen and oxygen atoms in total. The van der Waals surface area contributed by atoms with E-state index in [-0.39, 0.29) is 18.6 Å². The highest BCUT2D eigenvalue weighted by Crippen LogP contribution is 2.24. The minimum Gasteiger partial charge on any atom is -0.494 e. The van der Waals surface area contributed by atoms with Gasteiger partial charge in [0.2, 0.25) is 5.91 Å². The molecule has 0 spiro atoms. The summed E-state index contributed by atoms with van der Waals surface area (Å²) in [5.74, 6) is 1.40. The molecular weight excluding hydrogens is 388 g/mol. The number of hydrogen-bond acceptors (Lipinski definition) is 4. The summed E-state index contributed by atoms with van der Waals surface area (Å²) in [4.78, 5) is 12.3. The number of amides is 1. The number of benzene rings is 3. The summed E-state index contributed by atoms with van der Waals surface area (Å²) >= 11 is 0. The molecule has 0 atom stereocenters. The highest BCUT2D eigenvalue weighted by atomic mass is 16.5. The molecule has 3 aromatic rings. The van der Waals surface area contributed by atoms with Crippen molar-refractivity contribution in [3.8, 4) is 11.5 Å². The summed E-state index contributed by atoms with van der Waals surface area (Å²) < 4.78 is 11.6. The molecular formula is C26H30N2O3. The first-order valence-electron chi connectivity index (χ1n) is 10.7. The minimum atomic E-state index is -0.129. The molecule has 0 aliphatic rings. The molecule has 0 bridgehead atoms. The second-order valence-electron chi connectivity index (χ2n) is 7.53. The fourth-order valence-corrected chi connectivity index (χ4v) is 3.10. The van der Waals surface area contributed by atoms with Gasteiger partial charge < -0.3 is 20.1 Å². The van der Waals surface area contributed by atoms with E-state index < -0.39 is 0 Å². The highest BCUT2D eigenvalue weighted by Gasteiger charge is 2.07. The van der Waals surface area contributed by atoms with Crippen molar-refractivity contribution in [1.29, 1.82) is 0 Å². The highest BCUT2D eigenvalue weighted by molar-refractivity contribution is 5.94. The molecule has 2 N–H and O–H groups in total. The van der Waals surface area contributed by atoms with Gasteiger partial charge in [-0.1, -0.05) is 42.5 Å². The predicted octanol–water partition coefficient (Wildman–Crippen LogP) is 5.54. The van der Waals surface area contributed by atoms with Crippen LogP contribution in [-0.2, 0) is 11.2 Å². The summed E-state index contributed by atoms with van der Waals surface area (Å²) in [6.45, 7) is 4.75. The molecule has 31 heavy (non-hydrogen) atoms. The zero-order valence-electron chi connectivity index (χ0n) is 18.1. The largest absolute Gasteiger partial charge is 0.494 e. The number of aryl methyl sites for hydroxylation is 1. The lowest BCUT2D eigenvalue weighted by Gasteiger charge is -2.15. The maximum atomic E-state index is 12.3. The Morgan fingerprint density at radius 2 is 1.61 bits per heavy atom. The van der Waals surface area contributed by atoms with E-state index in [9.17, 15) is 4.79 Å². The minimum absolute atomic E-state index is 0.0656. The first kappa shape index (κ1) is 22.2. The van der Waals surface area contributed by atoms with Gasteiger partial charge in [-0.05, 0) is 68.7 Å². The molecule has 0 saturated heterocycles. The van der Waals surface area contributed by atoms with Crippen LogP contribution in [0.2, 0.25) is 0 Å². The molecule has 3 rings (SSSR count). The standard InChI is InChI=1S/C26H30N2O3/c1-20(2)31-25-13-7-6-12-24(25)27-19-26(29)28-22-14-16-23(17-15-22)30-18-8-11-21-9-4-3-5-10-21/h3-7,9-10,12-17,20,27H,8,11,18-19H2,1-2H3,(H,28,29). The fraction of sp³-hybridized carbons (Fsp3) is 0.269. The lowest BCUT2D eigenvalue weighted by Crippen LogP contribution is -2.22. The topological polar surface area (TPSA) is 59.6 Å². The van der Waals surface area contributed by atoms with E-state index in [0.29, 0.717) is 6.61 Å². The summed E-state index contributed by atoms with van der Waals surface area (Å²) in [6, 6.07) is 25.4. The SMILES string of the molecule is CC(C)Oc1ccccc1NCC(=O)Nc1ccc(OCCCc2ccccc2)cc1. The Morgan fingerprint density at radius 3 is 2.35 bits per heavy atom. The van der Waals surface area contributed by atoms with Crippen LogP contribution in [0.5, 0.6) is 11.5 Å². The van der Waals surface area contributed by atoms with Crippen molar-refractivity contribution in [2.45, 2.75) is 32.8 Å². The van der Waals surface area contributed by atoms with Crippen molar-refractivity contribution in [2.75, 3.05) is 23.8 Å². The molecule has 0 unspecified atom stereocenters. The molecule has 5 heteroatoms. The Bertz CT molecular complexity index is 940. The number of carbonyl (C=O) groups excluding carboxylic acids is 1. The van der Waals surface area contributed by atoms with E-state index in [1.54, 1.807) is 0 Å². The van der Waals surface area contributed by atoms with Crippen LogP contribution >= 0.6 is 0 Å². The van der Waals surface area contributed by atoms with Gasteiger partial charge in [-0.15, -0.1) is 0 Å². The molecule has 0 saturated carbocycles. The van der Waals surface area contributed by atoms with Crippen LogP contribution in [0.1, 0.15) is 25.8 Å². The van der Waals surface area contributed by atoms with Gasteiger partial charge in [0.25, 0.3) is 0 Å². The number of nitrogens with one attached hydrogen (secondary N) is 2. The number of rotatable bonds is 11. The van der Waals surface area contributed by atoms with Crippen LogP contribution in [0, 0.1) is 0 Å². The monoisotopic (exact) mass is 418 g/mol. The fourth-order valence-electron chi connectivity index (χ4n) is 3.10. The van der Waals surface area contributed by atoms with Gasteiger partial charge in [-0.25, -0.2) is 0 Å². The van der Waals surface area contributed by atoms with E-state index >= 15 is 0 Å². The van der Waals surface area contributed by atoms with Gasteiger partial charge in [0.15, 0.2) is 0 Å². The molecule has 0 aliphatic carbocycles. The van der Waals surface area contributed by atoms with E-state index in [2.05, 4.69) is 34.9 Å². The van der Waals surface area contributed by atoms with E-state index in [0.717, 1.165) is 35.7 Å². The third kappa shape index (κ3) is 7.70. The maximum Gasteiger partial charge on any atom is 0.243 e. The predicted molar refractivity (Wildman–Crippen MR) is 126 cm³/mol. The molecule has 0 radical (unpaired) electrons. The van der Waals surface area contributed by atoms with Crippen molar-refractivity contribution in [2.24, 2.45) is 0 Å². The molecule has 0 fully saturated rings. The zero-order valence-corrected chi connectivity index (χ0v) is 18.1. The first-order valence-corrected chi connectivity index (χ1v) is 10.7. The Hall–Kier alpha value is -3.47. The van der Waals surface area contributed by atoms with Crippen LogP contribution in [0.3, 0.4) is 0 Å². The number of ether oxygens (including phenoxy) is 2. The lowest BCUT2D eigenvalue weighted by molar-refractivity contribution is -0.114. The van der Waals surface area contributed by atoms with Gasteiger partial charge >= 0.3 is 0 Å². The quantitative estimate of drug-likeness (QED) is 0.402. The summed E-state index contributed by atoms with van der Waals surface area (Å²) in [7, 11) is 0. The Labute approximate surface area is 184 Å². The van der Waals surface area contributed by atoms with Crippen molar-refractivity contribution >= 4 is 17.3 Å². The van der Waals surface area contributed by atoms with Gasteiger partial charge in [0.05, 0.1) is 24.9 Å². The lowest BCUT2D eigenvalue weighted by atomic mass is 10.1. The maximum absolute atomic E-state index is 12.3. The van der Waals surface area contributed by atoms with E-state index in [1.165, 1.54) is 5.56 Å². The van der Waals surface area contributed by atoms with Crippen LogP contribution in [0.25, 0.3) is 0 Å². The van der Waals surface area contributed by atoms with Gasteiger partial charge in [0, 0.05) is 5.69 Å². The third-order valence-electron chi connectivity index (χ3n) is 4.55. The number of hydrogen-bond donors (Lipinski definition) is 2. The van der Waals surface area contributed by atoms with Gasteiger partial charge in [-0.3, -0.25) is 4.79 Å². The van der Waals surface area contributed by atoms with Crippen LogP contribution in [0.4, 0.5) is 11.4 Å². The molecule has 0 heterocycles. The van der Waals surface area contributed by atoms with Crippen LogP contribution in [-0.4, -0.2) is 25.2 Å². The van der Waals surface area contributed by atoms with Crippen LogP contribution < -0.4 is 20.1 Å². The number of carbonyl (C=O) groups is 1. The first-order chi connectivity index (χ1) is 15.1. The van der Waals surface area contributed by atoms with Gasteiger partial charge in [0.1, 0.15) is 11.5 Å².